The summed E-state index contributed by atoms with van der Waals surface area (Å²) in [5.41, 5.74) is 11.8. The zero-order valence-electron chi connectivity index (χ0n) is 18.3. The van der Waals surface area contributed by atoms with Gasteiger partial charge in [-0.25, -0.2) is 4.68 Å². The van der Waals surface area contributed by atoms with E-state index in [2.05, 4.69) is 36.4 Å². The van der Waals surface area contributed by atoms with Gasteiger partial charge in [0.25, 0.3) is 0 Å². The maximum atomic E-state index is 12.7. The van der Waals surface area contributed by atoms with E-state index in [1.807, 2.05) is 70.4 Å². The second-order valence-electron chi connectivity index (χ2n) is 8.20. The fraction of sp³-hybridized carbons (Fsp3) is 0.143. The molecule has 3 aromatic carbocycles. The number of amides is 1. The van der Waals surface area contributed by atoms with Crippen LogP contribution in [0.5, 0.6) is 0 Å². The van der Waals surface area contributed by atoms with Crippen LogP contribution in [0.25, 0.3) is 34.1 Å². The lowest BCUT2D eigenvalue weighted by molar-refractivity contribution is -0.132. The van der Waals surface area contributed by atoms with E-state index in [-0.39, 0.29) is 11.9 Å². The molecule has 2 N–H and O–H groups in total. The molecule has 0 bridgehead atoms. The zero-order valence-corrected chi connectivity index (χ0v) is 18.3. The van der Waals surface area contributed by atoms with Crippen molar-refractivity contribution >= 4 is 12.0 Å². The molecule has 5 heteroatoms. The summed E-state index contributed by atoms with van der Waals surface area (Å²) in [4.78, 5) is 14.5. The number of nitrogens with zero attached hydrogens (tertiary/aromatic N) is 3. The van der Waals surface area contributed by atoms with E-state index >= 15 is 0 Å². The monoisotopic (exact) mass is 434 g/mol. The fourth-order valence-electron chi connectivity index (χ4n) is 4.13. The van der Waals surface area contributed by atoms with Crippen molar-refractivity contribution in [2.45, 2.75) is 12.5 Å². The second-order valence-corrected chi connectivity index (χ2v) is 8.20. The molecule has 1 unspecified atom stereocenters. The first kappa shape index (κ1) is 20.9. The Morgan fingerprint density at radius 3 is 2.18 bits per heavy atom. The number of likely N-dealkylation sites (tertiary alicyclic amines) is 1. The van der Waals surface area contributed by atoms with E-state index in [0.29, 0.717) is 6.54 Å². The van der Waals surface area contributed by atoms with Gasteiger partial charge in [0, 0.05) is 42.5 Å². The van der Waals surface area contributed by atoms with Crippen LogP contribution in [-0.4, -0.2) is 39.7 Å². The van der Waals surface area contributed by atoms with Gasteiger partial charge >= 0.3 is 0 Å². The lowest BCUT2D eigenvalue weighted by Crippen LogP contribution is -2.53. The first-order chi connectivity index (χ1) is 16.2. The van der Waals surface area contributed by atoms with Gasteiger partial charge in [-0.15, -0.1) is 0 Å². The quantitative estimate of drug-likeness (QED) is 0.444. The maximum Gasteiger partial charge on any atom is 0.246 e. The topological polar surface area (TPSA) is 64.2 Å². The molecule has 2 heterocycles. The summed E-state index contributed by atoms with van der Waals surface area (Å²) in [5, 5.41) is 4.86. The predicted molar refractivity (Wildman–Crippen MR) is 133 cm³/mol. The molecule has 1 aromatic heterocycles. The number of para-hydroxylation sites is 1. The van der Waals surface area contributed by atoms with Crippen molar-refractivity contribution in [1.82, 2.24) is 14.7 Å². The second kappa shape index (κ2) is 9.27. The summed E-state index contributed by atoms with van der Waals surface area (Å²) < 4.78 is 1.86. The van der Waals surface area contributed by atoms with Crippen LogP contribution < -0.4 is 5.73 Å². The van der Waals surface area contributed by atoms with Gasteiger partial charge in [-0.3, -0.25) is 4.79 Å². The molecule has 5 nitrogen and oxygen atoms in total. The molecule has 1 amide bonds. The minimum atomic E-state index is -0.00506. The summed E-state index contributed by atoms with van der Waals surface area (Å²) in [5.74, 6) is -0.00506. The van der Waals surface area contributed by atoms with Gasteiger partial charge in [0.15, 0.2) is 0 Å². The van der Waals surface area contributed by atoms with Crippen molar-refractivity contribution < 1.29 is 4.79 Å². The normalized spacial score (nSPS) is 15.5. The van der Waals surface area contributed by atoms with Crippen LogP contribution in [0, 0.1) is 0 Å². The van der Waals surface area contributed by atoms with Crippen molar-refractivity contribution in [3.8, 4) is 28.1 Å². The molecule has 4 aromatic rings. The Morgan fingerprint density at radius 2 is 1.55 bits per heavy atom. The van der Waals surface area contributed by atoms with Crippen LogP contribution in [0.2, 0.25) is 0 Å². The first-order valence-corrected chi connectivity index (χ1v) is 11.2. The van der Waals surface area contributed by atoms with E-state index < -0.39 is 0 Å². The average molecular weight is 435 g/mol. The molecule has 1 fully saturated rings. The highest BCUT2D eigenvalue weighted by Gasteiger charge is 2.29. The number of rotatable bonds is 6. The largest absolute Gasteiger partial charge is 0.335 e. The molecule has 0 spiro atoms. The van der Waals surface area contributed by atoms with Gasteiger partial charge in [0.2, 0.25) is 5.91 Å². The van der Waals surface area contributed by atoms with E-state index in [9.17, 15) is 4.79 Å². The summed E-state index contributed by atoms with van der Waals surface area (Å²) in [6.45, 7) is 1.27. The number of carbonyl (C=O) groups is 1. The lowest BCUT2D eigenvalue weighted by atomic mass is 10.0. The first-order valence-electron chi connectivity index (χ1n) is 11.2. The minimum Gasteiger partial charge on any atom is -0.335 e. The van der Waals surface area contributed by atoms with Crippen LogP contribution in [0.1, 0.15) is 12.0 Å². The van der Waals surface area contributed by atoms with Gasteiger partial charge < -0.3 is 10.6 Å². The Labute approximate surface area is 193 Å². The molecular formula is C28H26N4O. The van der Waals surface area contributed by atoms with Gasteiger partial charge in [0.05, 0.1) is 11.4 Å². The van der Waals surface area contributed by atoms with E-state index in [0.717, 1.165) is 41.0 Å². The smallest absolute Gasteiger partial charge is 0.246 e. The van der Waals surface area contributed by atoms with Crippen LogP contribution in [0.3, 0.4) is 0 Å². The number of hydrogen-bond acceptors (Lipinski definition) is 3. The Hall–Kier alpha value is -3.96. The van der Waals surface area contributed by atoms with Crippen molar-refractivity contribution in [3.05, 3.63) is 103 Å². The highest BCUT2D eigenvalue weighted by molar-refractivity contribution is 5.93. The van der Waals surface area contributed by atoms with Crippen LogP contribution in [0.4, 0.5) is 0 Å². The fourth-order valence-corrected chi connectivity index (χ4v) is 4.13. The molecule has 1 aliphatic rings. The zero-order chi connectivity index (χ0) is 22.6. The maximum absolute atomic E-state index is 12.7. The SMILES string of the molecule is NCC1CCN1C(=O)/C=C/c1cn(-c2ccccc2)nc1-c1ccc(-c2ccccc2)cc1. The average Bonchev–Trinajstić information content (AvgIpc) is 3.28. The van der Waals surface area contributed by atoms with Crippen molar-refractivity contribution in [3.63, 3.8) is 0 Å². The van der Waals surface area contributed by atoms with Crippen molar-refractivity contribution in [2.24, 2.45) is 5.73 Å². The van der Waals surface area contributed by atoms with Crippen LogP contribution in [0.15, 0.2) is 97.2 Å². The third-order valence-corrected chi connectivity index (χ3v) is 6.13. The van der Waals surface area contributed by atoms with E-state index in [1.165, 1.54) is 5.56 Å². The molecule has 1 aliphatic heterocycles. The van der Waals surface area contributed by atoms with Gasteiger partial charge in [-0.05, 0) is 35.8 Å². The highest BCUT2D eigenvalue weighted by Crippen LogP contribution is 2.28. The van der Waals surface area contributed by atoms with E-state index in [1.54, 1.807) is 6.08 Å². The van der Waals surface area contributed by atoms with E-state index in [4.69, 9.17) is 10.8 Å². The van der Waals surface area contributed by atoms with Crippen LogP contribution >= 0.6 is 0 Å². The van der Waals surface area contributed by atoms with Crippen molar-refractivity contribution in [1.29, 1.82) is 0 Å². The van der Waals surface area contributed by atoms with Gasteiger partial charge in [-0.2, -0.15) is 5.10 Å². The Kier molecular flexibility index (Phi) is 5.87. The lowest BCUT2D eigenvalue weighted by Gasteiger charge is -2.39. The molecule has 5 rings (SSSR count). The van der Waals surface area contributed by atoms with Gasteiger partial charge in [0.1, 0.15) is 0 Å². The summed E-state index contributed by atoms with van der Waals surface area (Å²) >= 11 is 0. The molecule has 1 saturated heterocycles. The standard InChI is InChI=1S/C28H26N4O/c29-19-26-17-18-31(26)27(33)16-15-24-20-32(25-9-5-2-6-10-25)30-28(24)23-13-11-22(12-14-23)21-7-3-1-4-8-21/h1-16,20,26H,17-19,29H2/b16-15+. The highest BCUT2D eigenvalue weighted by atomic mass is 16.2. The number of aromatic nitrogens is 2. The van der Waals surface area contributed by atoms with Crippen molar-refractivity contribution in [2.75, 3.05) is 13.1 Å². The summed E-state index contributed by atoms with van der Waals surface area (Å²) in [6, 6.07) is 28.8. The van der Waals surface area contributed by atoms with Gasteiger partial charge in [-0.1, -0.05) is 72.8 Å². The molecule has 164 valence electrons. The Bertz CT molecular complexity index is 1260. The number of hydrogen-bond donors (Lipinski definition) is 1. The summed E-state index contributed by atoms with van der Waals surface area (Å²) in [7, 11) is 0. The molecule has 0 saturated carbocycles. The predicted octanol–water partition coefficient (Wildman–Crippen LogP) is 4.78. The third kappa shape index (κ3) is 4.36. The minimum absolute atomic E-state index is 0.00506. The number of nitrogens with two attached hydrogens (primary N) is 1. The molecule has 1 atom stereocenters. The number of carbonyl (C=O) groups excluding carboxylic acids is 1. The molecule has 33 heavy (non-hydrogen) atoms. The molecular weight excluding hydrogens is 408 g/mol. The Balaban J connectivity index is 1.48. The van der Waals surface area contributed by atoms with Crippen LogP contribution in [-0.2, 0) is 4.79 Å². The third-order valence-electron chi connectivity index (χ3n) is 6.13. The molecule has 0 radical (unpaired) electrons. The number of benzene rings is 3. The molecule has 0 aliphatic carbocycles. The summed E-state index contributed by atoms with van der Waals surface area (Å²) in [6.07, 6.45) is 6.44. The Morgan fingerprint density at radius 1 is 0.909 bits per heavy atom.